The number of fused-ring (bicyclic) bond motifs is 1. The Morgan fingerprint density at radius 2 is 1.55 bits per heavy atom. The van der Waals surface area contributed by atoms with Gasteiger partial charge in [0.15, 0.2) is 11.5 Å². The number of ether oxygens (including phenoxy) is 3. The lowest BCUT2D eigenvalue weighted by Gasteiger charge is -2.35. The average molecular weight is 476 g/mol. The molecule has 10 nitrogen and oxygen atoms in total. The van der Waals surface area contributed by atoms with E-state index in [2.05, 4.69) is 14.8 Å². The van der Waals surface area contributed by atoms with Crippen molar-refractivity contribution in [3.63, 3.8) is 0 Å². The summed E-state index contributed by atoms with van der Waals surface area (Å²) < 4.78 is 44.8. The SMILES string of the molecule is Cc1cc(N2CCOCC2)nc(N2CCN(S(=O)(=O)c3ccc4c(c3)OCCCO4)CC2)n1. The Balaban J connectivity index is 1.29. The van der Waals surface area contributed by atoms with Crippen LogP contribution in [-0.2, 0) is 14.8 Å². The number of anilines is 2. The van der Waals surface area contributed by atoms with E-state index in [0.29, 0.717) is 70.1 Å². The summed E-state index contributed by atoms with van der Waals surface area (Å²) in [4.78, 5) is 13.9. The second-order valence-electron chi connectivity index (χ2n) is 8.32. The van der Waals surface area contributed by atoms with Gasteiger partial charge in [-0.3, -0.25) is 0 Å². The van der Waals surface area contributed by atoms with E-state index in [0.717, 1.165) is 31.0 Å². The van der Waals surface area contributed by atoms with Crippen LogP contribution in [0.2, 0.25) is 0 Å². The van der Waals surface area contributed by atoms with Gasteiger partial charge in [0.25, 0.3) is 0 Å². The first-order valence-corrected chi connectivity index (χ1v) is 12.8. The second-order valence-corrected chi connectivity index (χ2v) is 10.3. The van der Waals surface area contributed by atoms with Gasteiger partial charge in [0, 0.05) is 63.5 Å². The quantitative estimate of drug-likeness (QED) is 0.648. The maximum atomic E-state index is 13.3. The van der Waals surface area contributed by atoms with Crippen LogP contribution in [0.3, 0.4) is 0 Å². The maximum Gasteiger partial charge on any atom is 0.243 e. The first-order valence-electron chi connectivity index (χ1n) is 11.3. The summed E-state index contributed by atoms with van der Waals surface area (Å²) in [5.41, 5.74) is 0.892. The molecule has 4 heterocycles. The van der Waals surface area contributed by atoms with Crippen LogP contribution in [0, 0.1) is 6.92 Å². The number of piperazine rings is 1. The zero-order valence-corrected chi connectivity index (χ0v) is 19.6. The highest BCUT2D eigenvalue weighted by atomic mass is 32.2. The number of aromatic nitrogens is 2. The third kappa shape index (κ3) is 4.71. The molecule has 178 valence electrons. The summed E-state index contributed by atoms with van der Waals surface area (Å²) >= 11 is 0. The molecule has 0 bridgehead atoms. The van der Waals surface area contributed by atoms with E-state index >= 15 is 0 Å². The van der Waals surface area contributed by atoms with E-state index in [1.165, 1.54) is 4.31 Å². The van der Waals surface area contributed by atoms with Gasteiger partial charge in [-0.25, -0.2) is 13.4 Å². The van der Waals surface area contributed by atoms with E-state index < -0.39 is 10.0 Å². The number of rotatable bonds is 4. The Bertz CT molecular complexity index is 1100. The number of morpholine rings is 1. The number of hydrogen-bond donors (Lipinski definition) is 0. The van der Waals surface area contributed by atoms with Crippen molar-refractivity contribution < 1.29 is 22.6 Å². The van der Waals surface area contributed by atoms with Crippen molar-refractivity contribution in [1.82, 2.24) is 14.3 Å². The van der Waals surface area contributed by atoms with E-state index in [1.54, 1.807) is 18.2 Å². The van der Waals surface area contributed by atoms with Crippen molar-refractivity contribution in [2.75, 3.05) is 75.5 Å². The van der Waals surface area contributed by atoms with Crippen molar-refractivity contribution >= 4 is 21.8 Å². The minimum Gasteiger partial charge on any atom is -0.490 e. The third-order valence-corrected chi connectivity index (χ3v) is 7.94. The molecular formula is C22H29N5O5S. The van der Waals surface area contributed by atoms with Gasteiger partial charge in [0.1, 0.15) is 5.82 Å². The Morgan fingerprint density at radius 1 is 0.818 bits per heavy atom. The number of sulfonamides is 1. The van der Waals surface area contributed by atoms with Gasteiger partial charge in [-0.05, 0) is 19.1 Å². The Kier molecular flexibility index (Phi) is 6.26. The van der Waals surface area contributed by atoms with Crippen molar-refractivity contribution in [1.29, 1.82) is 0 Å². The topological polar surface area (TPSA) is 97.3 Å². The van der Waals surface area contributed by atoms with Crippen LogP contribution in [0.4, 0.5) is 11.8 Å². The van der Waals surface area contributed by atoms with Crippen molar-refractivity contribution in [3.05, 3.63) is 30.0 Å². The van der Waals surface area contributed by atoms with Gasteiger partial charge in [0.2, 0.25) is 16.0 Å². The van der Waals surface area contributed by atoms with E-state index in [1.807, 2.05) is 13.0 Å². The molecule has 0 aliphatic carbocycles. The molecule has 1 aromatic carbocycles. The molecule has 1 aromatic heterocycles. The molecule has 0 unspecified atom stereocenters. The standard InChI is InChI=1S/C22H29N5O5S/c1-17-15-21(25-9-13-30-14-10-25)24-22(23-17)26-5-7-27(8-6-26)33(28,29)18-3-4-19-20(16-18)32-12-2-11-31-19/h3-4,15-16H,2,5-14H2,1H3. The summed E-state index contributed by atoms with van der Waals surface area (Å²) in [6.45, 7) is 7.79. The zero-order valence-electron chi connectivity index (χ0n) is 18.8. The molecule has 33 heavy (non-hydrogen) atoms. The second kappa shape index (κ2) is 9.32. The fourth-order valence-electron chi connectivity index (χ4n) is 4.21. The summed E-state index contributed by atoms with van der Waals surface area (Å²) in [6.07, 6.45) is 0.771. The number of aryl methyl sites for hydroxylation is 1. The number of benzene rings is 1. The molecule has 3 aliphatic rings. The van der Waals surface area contributed by atoms with Crippen molar-refractivity contribution in [3.8, 4) is 11.5 Å². The molecule has 0 N–H and O–H groups in total. The van der Waals surface area contributed by atoms with Crippen molar-refractivity contribution in [2.24, 2.45) is 0 Å². The van der Waals surface area contributed by atoms with E-state index in [-0.39, 0.29) is 4.90 Å². The van der Waals surface area contributed by atoms with Gasteiger partial charge in [-0.15, -0.1) is 0 Å². The van der Waals surface area contributed by atoms with Crippen LogP contribution in [0.25, 0.3) is 0 Å². The lowest BCUT2D eigenvalue weighted by molar-refractivity contribution is 0.122. The molecule has 3 aliphatic heterocycles. The Morgan fingerprint density at radius 3 is 2.30 bits per heavy atom. The van der Waals surface area contributed by atoms with Crippen molar-refractivity contribution in [2.45, 2.75) is 18.2 Å². The summed E-state index contributed by atoms with van der Waals surface area (Å²) in [5, 5.41) is 0. The monoisotopic (exact) mass is 475 g/mol. The van der Waals surface area contributed by atoms with E-state index in [4.69, 9.17) is 19.2 Å². The maximum absolute atomic E-state index is 13.3. The first kappa shape index (κ1) is 22.2. The first-order chi connectivity index (χ1) is 16.0. The predicted octanol–water partition coefficient (Wildman–Crippen LogP) is 1.29. The predicted molar refractivity (Wildman–Crippen MR) is 123 cm³/mol. The van der Waals surface area contributed by atoms with Gasteiger partial charge >= 0.3 is 0 Å². The molecule has 11 heteroatoms. The zero-order chi connectivity index (χ0) is 22.8. The molecule has 0 spiro atoms. The molecule has 0 saturated carbocycles. The Labute approximate surface area is 194 Å². The summed E-state index contributed by atoms with van der Waals surface area (Å²) in [7, 11) is -3.64. The molecular weight excluding hydrogens is 446 g/mol. The van der Waals surface area contributed by atoms with Crippen LogP contribution in [0.5, 0.6) is 11.5 Å². The molecule has 2 aromatic rings. The summed E-state index contributed by atoms with van der Waals surface area (Å²) in [5.74, 6) is 2.60. The minimum atomic E-state index is -3.64. The van der Waals surface area contributed by atoms with Gasteiger partial charge < -0.3 is 24.0 Å². The minimum absolute atomic E-state index is 0.224. The van der Waals surface area contributed by atoms with Gasteiger partial charge in [-0.1, -0.05) is 0 Å². The summed E-state index contributed by atoms with van der Waals surface area (Å²) in [6, 6.07) is 6.82. The third-order valence-electron chi connectivity index (χ3n) is 6.04. The van der Waals surface area contributed by atoms with Crippen LogP contribution < -0.4 is 19.3 Å². The molecule has 0 radical (unpaired) electrons. The van der Waals surface area contributed by atoms with Gasteiger partial charge in [-0.2, -0.15) is 9.29 Å². The molecule has 0 amide bonds. The smallest absolute Gasteiger partial charge is 0.243 e. The normalized spacial score (nSPS) is 19.9. The van der Waals surface area contributed by atoms with Crippen LogP contribution in [0.1, 0.15) is 12.1 Å². The highest BCUT2D eigenvalue weighted by Gasteiger charge is 2.31. The van der Waals surface area contributed by atoms with Gasteiger partial charge in [0.05, 0.1) is 31.3 Å². The lowest BCUT2D eigenvalue weighted by Crippen LogP contribution is -2.49. The average Bonchev–Trinajstić information content (AvgIpc) is 3.09. The molecule has 2 saturated heterocycles. The van der Waals surface area contributed by atoms with Crippen LogP contribution in [-0.4, -0.2) is 88.4 Å². The number of nitrogens with zero attached hydrogens (tertiary/aromatic N) is 5. The largest absolute Gasteiger partial charge is 0.490 e. The molecule has 0 atom stereocenters. The highest BCUT2D eigenvalue weighted by Crippen LogP contribution is 2.33. The number of hydrogen-bond acceptors (Lipinski definition) is 9. The Hall–Kier alpha value is -2.63. The molecule has 2 fully saturated rings. The van der Waals surface area contributed by atoms with E-state index in [9.17, 15) is 8.42 Å². The highest BCUT2D eigenvalue weighted by molar-refractivity contribution is 7.89. The molecule has 5 rings (SSSR count). The van der Waals surface area contributed by atoms with Crippen LogP contribution >= 0.6 is 0 Å². The van der Waals surface area contributed by atoms with Crippen LogP contribution in [0.15, 0.2) is 29.2 Å². The lowest BCUT2D eigenvalue weighted by atomic mass is 10.3. The fourth-order valence-corrected chi connectivity index (χ4v) is 5.65. The fraction of sp³-hybridized carbons (Fsp3) is 0.545.